The first-order valence-corrected chi connectivity index (χ1v) is 6.16. The molecule has 1 amide bonds. The summed E-state index contributed by atoms with van der Waals surface area (Å²) in [5.74, 6) is 0.0175. The minimum Gasteiger partial charge on any atom is -0.330 e. The van der Waals surface area contributed by atoms with E-state index in [-0.39, 0.29) is 5.91 Å². The normalized spacial score (nSPS) is 10.4. The van der Waals surface area contributed by atoms with E-state index in [9.17, 15) is 4.79 Å². The maximum atomic E-state index is 12.0. The summed E-state index contributed by atoms with van der Waals surface area (Å²) in [7, 11) is 0. The highest BCUT2D eigenvalue weighted by Crippen LogP contribution is 2.31. The van der Waals surface area contributed by atoms with E-state index in [1.54, 1.807) is 4.90 Å². The highest BCUT2D eigenvalue weighted by molar-refractivity contribution is 6.34. The molecule has 0 aliphatic carbocycles. The van der Waals surface area contributed by atoms with Gasteiger partial charge >= 0.3 is 0 Å². The van der Waals surface area contributed by atoms with Gasteiger partial charge in [0.05, 0.1) is 10.7 Å². The molecule has 0 aliphatic heterocycles. The minimum absolute atomic E-state index is 0.0175. The molecule has 2 N–H and O–H groups in total. The molecule has 0 saturated heterocycles. The quantitative estimate of drug-likeness (QED) is 0.898. The lowest BCUT2D eigenvalue weighted by molar-refractivity contribution is -0.118. The van der Waals surface area contributed by atoms with Crippen molar-refractivity contribution in [2.45, 2.75) is 27.2 Å². The number of carbonyl (C=O) groups excluding carboxylic acids is 1. The Morgan fingerprint density at radius 3 is 2.53 bits per heavy atom. The molecule has 0 aliphatic rings. The van der Waals surface area contributed by atoms with Gasteiger partial charge in [-0.25, -0.2) is 0 Å². The zero-order chi connectivity index (χ0) is 13.0. The fourth-order valence-electron chi connectivity index (χ4n) is 1.97. The summed E-state index contributed by atoms with van der Waals surface area (Å²) >= 11 is 6.23. The number of carbonyl (C=O) groups is 1. The van der Waals surface area contributed by atoms with Crippen LogP contribution < -0.4 is 10.6 Å². The Kier molecular flexibility index (Phi) is 4.97. The van der Waals surface area contributed by atoms with Crippen LogP contribution >= 0.6 is 11.6 Å². The lowest BCUT2D eigenvalue weighted by atomic mass is 10.1. The Morgan fingerprint density at radius 2 is 2.06 bits per heavy atom. The molecule has 0 spiro atoms. The number of benzene rings is 1. The summed E-state index contributed by atoms with van der Waals surface area (Å²) in [6, 6.07) is 3.90. The second-order valence-corrected chi connectivity index (χ2v) is 4.50. The maximum absolute atomic E-state index is 12.0. The van der Waals surface area contributed by atoms with Crippen LogP contribution in [-0.2, 0) is 4.79 Å². The molecule has 0 aromatic heterocycles. The third kappa shape index (κ3) is 3.20. The fourth-order valence-corrected chi connectivity index (χ4v) is 2.39. The molecule has 4 heteroatoms. The SMILES string of the molecule is CCN(C(=O)CCN)c1c(C)cc(C)cc1Cl. The van der Waals surface area contributed by atoms with Crippen LogP contribution in [0.15, 0.2) is 12.1 Å². The molecule has 1 aromatic carbocycles. The van der Waals surface area contributed by atoms with Crippen LogP contribution in [0, 0.1) is 13.8 Å². The van der Waals surface area contributed by atoms with Crippen LogP contribution in [0.25, 0.3) is 0 Å². The molecular weight excluding hydrogens is 236 g/mol. The molecule has 0 bridgehead atoms. The third-order valence-corrected chi connectivity index (χ3v) is 2.93. The van der Waals surface area contributed by atoms with Gasteiger partial charge in [-0.1, -0.05) is 17.7 Å². The molecule has 0 atom stereocenters. The number of rotatable bonds is 4. The first-order chi connectivity index (χ1) is 8.01. The number of amides is 1. The van der Waals surface area contributed by atoms with Gasteiger partial charge in [0.1, 0.15) is 0 Å². The van der Waals surface area contributed by atoms with Gasteiger partial charge in [-0.15, -0.1) is 0 Å². The average Bonchev–Trinajstić information content (AvgIpc) is 2.23. The predicted octanol–water partition coefficient (Wildman–Crippen LogP) is 2.66. The predicted molar refractivity (Wildman–Crippen MR) is 72.6 cm³/mol. The standard InChI is InChI=1S/C13H19ClN2O/c1-4-16(12(17)5-6-15)13-10(3)7-9(2)8-11(13)14/h7-8H,4-6,15H2,1-3H3. The van der Waals surface area contributed by atoms with E-state index >= 15 is 0 Å². The maximum Gasteiger partial charge on any atom is 0.228 e. The molecular formula is C13H19ClN2O. The second kappa shape index (κ2) is 6.03. The Hall–Kier alpha value is -1.06. The number of anilines is 1. The summed E-state index contributed by atoms with van der Waals surface area (Å²) in [6.07, 6.45) is 0.345. The van der Waals surface area contributed by atoms with Crippen molar-refractivity contribution in [2.24, 2.45) is 5.73 Å². The van der Waals surface area contributed by atoms with Crippen molar-refractivity contribution in [3.8, 4) is 0 Å². The van der Waals surface area contributed by atoms with Crippen molar-refractivity contribution >= 4 is 23.2 Å². The molecule has 0 saturated carbocycles. The molecule has 0 fully saturated rings. The minimum atomic E-state index is 0.0175. The summed E-state index contributed by atoms with van der Waals surface area (Å²) in [5, 5.41) is 0.620. The zero-order valence-electron chi connectivity index (χ0n) is 10.6. The van der Waals surface area contributed by atoms with Gasteiger partial charge in [0.15, 0.2) is 0 Å². The van der Waals surface area contributed by atoms with Crippen molar-refractivity contribution < 1.29 is 4.79 Å². The lowest BCUT2D eigenvalue weighted by Gasteiger charge is -2.24. The highest BCUT2D eigenvalue weighted by Gasteiger charge is 2.18. The molecule has 17 heavy (non-hydrogen) atoms. The van der Waals surface area contributed by atoms with Crippen LogP contribution in [-0.4, -0.2) is 19.0 Å². The van der Waals surface area contributed by atoms with Crippen molar-refractivity contribution in [1.82, 2.24) is 0 Å². The number of nitrogens with two attached hydrogens (primary N) is 1. The van der Waals surface area contributed by atoms with E-state index in [1.807, 2.05) is 32.9 Å². The zero-order valence-corrected chi connectivity index (χ0v) is 11.3. The highest BCUT2D eigenvalue weighted by atomic mass is 35.5. The van der Waals surface area contributed by atoms with E-state index in [1.165, 1.54) is 0 Å². The van der Waals surface area contributed by atoms with Gasteiger partial charge < -0.3 is 10.6 Å². The van der Waals surface area contributed by atoms with Crippen LogP contribution in [0.2, 0.25) is 5.02 Å². The van der Waals surface area contributed by atoms with Crippen LogP contribution in [0.5, 0.6) is 0 Å². The van der Waals surface area contributed by atoms with Crippen molar-refractivity contribution in [3.63, 3.8) is 0 Å². The first kappa shape index (κ1) is 14.0. The smallest absolute Gasteiger partial charge is 0.228 e. The average molecular weight is 255 g/mol. The van der Waals surface area contributed by atoms with E-state index in [2.05, 4.69) is 0 Å². The Labute approximate surface area is 108 Å². The molecule has 3 nitrogen and oxygen atoms in total. The third-order valence-electron chi connectivity index (χ3n) is 2.64. The Bertz CT molecular complexity index is 395. The Balaban J connectivity index is 3.16. The van der Waals surface area contributed by atoms with E-state index in [4.69, 9.17) is 17.3 Å². The number of hydrogen-bond donors (Lipinski definition) is 1. The molecule has 0 unspecified atom stereocenters. The second-order valence-electron chi connectivity index (χ2n) is 4.09. The van der Waals surface area contributed by atoms with Gasteiger partial charge in [0.2, 0.25) is 5.91 Å². The number of hydrogen-bond acceptors (Lipinski definition) is 2. The largest absolute Gasteiger partial charge is 0.330 e. The van der Waals surface area contributed by atoms with Crippen molar-refractivity contribution in [3.05, 3.63) is 28.3 Å². The monoisotopic (exact) mass is 254 g/mol. The summed E-state index contributed by atoms with van der Waals surface area (Å²) in [5.41, 5.74) is 8.34. The van der Waals surface area contributed by atoms with Gasteiger partial charge in [0.25, 0.3) is 0 Å². The van der Waals surface area contributed by atoms with Gasteiger partial charge in [-0.05, 0) is 38.0 Å². The summed E-state index contributed by atoms with van der Waals surface area (Å²) in [4.78, 5) is 13.6. The van der Waals surface area contributed by atoms with Crippen molar-refractivity contribution in [2.75, 3.05) is 18.0 Å². The van der Waals surface area contributed by atoms with E-state index < -0.39 is 0 Å². The number of aryl methyl sites for hydroxylation is 2. The lowest BCUT2D eigenvalue weighted by Crippen LogP contribution is -2.32. The van der Waals surface area contributed by atoms with Crippen LogP contribution in [0.3, 0.4) is 0 Å². The summed E-state index contributed by atoms with van der Waals surface area (Å²) in [6.45, 7) is 6.84. The van der Waals surface area contributed by atoms with Crippen LogP contribution in [0.1, 0.15) is 24.5 Å². The van der Waals surface area contributed by atoms with Gasteiger partial charge in [-0.2, -0.15) is 0 Å². The van der Waals surface area contributed by atoms with Crippen molar-refractivity contribution in [1.29, 1.82) is 0 Å². The molecule has 1 aromatic rings. The van der Waals surface area contributed by atoms with E-state index in [0.717, 1.165) is 16.8 Å². The van der Waals surface area contributed by atoms with Gasteiger partial charge in [0, 0.05) is 19.5 Å². The molecule has 0 radical (unpaired) electrons. The number of halogens is 1. The van der Waals surface area contributed by atoms with E-state index in [0.29, 0.717) is 24.5 Å². The molecule has 1 rings (SSSR count). The van der Waals surface area contributed by atoms with Gasteiger partial charge in [-0.3, -0.25) is 4.79 Å². The molecule has 0 heterocycles. The topological polar surface area (TPSA) is 46.3 Å². The Morgan fingerprint density at radius 1 is 1.41 bits per heavy atom. The molecule has 94 valence electrons. The fraction of sp³-hybridized carbons (Fsp3) is 0.462. The van der Waals surface area contributed by atoms with Crippen LogP contribution in [0.4, 0.5) is 5.69 Å². The first-order valence-electron chi connectivity index (χ1n) is 5.78. The number of nitrogens with zero attached hydrogens (tertiary/aromatic N) is 1. The summed E-state index contributed by atoms with van der Waals surface area (Å²) < 4.78 is 0.